The molecule has 3 heterocycles. The number of hydrogen-bond acceptors (Lipinski definition) is 6. The second-order valence-electron chi connectivity index (χ2n) is 7.45. The van der Waals surface area contributed by atoms with Crippen molar-refractivity contribution in [2.45, 2.75) is 24.1 Å². The summed E-state index contributed by atoms with van der Waals surface area (Å²) >= 11 is 2.08. The van der Waals surface area contributed by atoms with Gasteiger partial charge in [0.15, 0.2) is 3.77 Å². The highest BCUT2D eigenvalue weighted by Gasteiger charge is 2.38. The van der Waals surface area contributed by atoms with Gasteiger partial charge in [-0.3, -0.25) is 4.68 Å². The van der Waals surface area contributed by atoms with Crippen LogP contribution in [0.4, 0.5) is 4.39 Å². The van der Waals surface area contributed by atoms with Crippen molar-refractivity contribution in [3.63, 3.8) is 0 Å². The van der Waals surface area contributed by atoms with Crippen molar-refractivity contribution in [2.24, 2.45) is 0 Å². The largest absolute Gasteiger partial charge is 0.432 e. The van der Waals surface area contributed by atoms with Gasteiger partial charge >= 0.3 is 0 Å². The number of aromatic nitrogens is 4. The van der Waals surface area contributed by atoms with Crippen molar-refractivity contribution in [3.05, 3.63) is 52.4 Å². The van der Waals surface area contributed by atoms with Gasteiger partial charge in [0.2, 0.25) is 5.71 Å². The lowest BCUT2D eigenvalue weighted by molar-refractivity contribution is 0.291. The Hall–Kier alpha value is -2.34. The molecule has 7 nitrogen and oxygen atoms in total. The quantitative estimate of drug-likeness (QED) is 0.361. The molecule has 1 aliphatic rings. The number of fused-ring (bicyclic) bond motifs is 1. The van der Waals surface area contributed by atoms with Gasteiger partial charge in [-0.05, 0) is 59.7 Å². The number of hydrogen-bond donors (Lipinski definition) is 0. The molecule has 1 saturated carbocycles. The van der Waals surface area contributed by atoms with Gasteiger partial charge < -0.3 is 4.42 Å². The zero-order valence-corrected chi connectivity index (χ0v) is 18.8. The zero-order chi connectivity index (χ0) is 21.0. The van der Waals surface area contributed by atoms with Crippen LogP contribution >= 0.6 is 22.6 Å². The summed E-state index contributed by atoms with van der Waals surface area (Å²) < 4.78 is 45.2. The van der Waals surface area contributed by atoms with Crippen molar-refractivity contribution in [1.29, 1.82) is 0 Å². The van der Waals surface area contributed by atoms with E-state index in [1.807, 2.05) is 12.3 Å². The van der Waals surface area contributed by atoms with Crippen LogP contribution in [0.3, 0.4) is 0 Å². The fraction of sp³-hybridized carbons (Fsp3) is 0.250. The van der Waals surface area contributed by atoms with Crippen LogP contribution < -0.4 is 0 Å². The van der Waals surface area contributed by atoms with Gasteiger partial charge in [-0.1, -0.05) is 0 Å². The first-order valence-electron chi connectivity index (χ1n) is 9.24. The van der Waals surface area contributed by atoms with Crippen LogP contribution in [0, 0.1) is 9.58 Å². The highest BCUT2D eigenvalue weighted by molar-refractivity contribution is 14.1. The maximum absolute atomic E-state index is 13.5. The number of rotatable bonds is 4. The Labute approximate surface area is 185 Å². The summed E-state index contributed by atoms with van der Waals surface area (Å²) in [7, 11) is -3.06. The van der Waals surface area contributed by atoms with E-state index in [1.54, 1.807) is 16.8 Å². The molecule has 0 bridgehead atoms. The first kappa shape index (κ1) is 19.6. The number of halogens is 2. The Morgan fingerprint density at radius 3 is 2.60 bits per heavy atom. The van der Waals surface area contributed by atoms with E-state index >= 15 is 0 Å². The average molecular weight is 538 g/mol. The first-order chi connectivity index (χ1) is 14.3. The topological polar surface area (TPSA) is 90.9 Å². The number of benzene rings is 1. The Morgan fingerprint density at radius 1 is 1.17 bits per heavy atom. The molecule has 0 atom stereocenters. The predicted molar refractivity (Wildman–Crippen MR) is 118 cm³/mol. The van der Waals surface area contributed by atoms with Gasteiger partial charge in [-0.2, -0.15) is 5.10 Å². The predicted octanol–water partition coefficient (Wildman–Crippen LogP) is 4.25. The molecule has 1 fully saturated rings. The molecule has 0 saturated heterocycles. The third-order valence-corrected chi connectivity index (χ3v) is 7.58. The Kier molecular flexibility index (Phi) is 4.65. The van der Waals surface area contributed by atoms with E-state index in [-0.39, 0.29) is 17.1 Å². The summed E-state index contributed by atoms with van der Waals surface area (Å²) in [5.74, 6) is -0.330. The van der Waals surface area contributed by atoms with Crippen LogP contribution in [0.25, 0.3) is 33.6 Å². The fourth-order valence-corrected chi connectivity index (χ4v) is 5.38. The standard InChI is InChI=1S/C20H16FIN4O3S/c1-30(27,28)14-6-13(7-14)26-9-16(18(25-26)11-2-4-12(21)5-3-11)19-15-8-17(22)29-20(15)24-10-23-19/h2-5,8-10,13-14H,6-7H2,1H3. The molecule has 3 aromatic heterocycles. The molecule has 0 aliphatic heterocycles. The van der Waals surface area contributed by atoms with Gasteiger partial charge in [0.1, 0.15) is 27.7 Å². The molecule has 0 unspecified atom stereocenters. The van der Waals surface area contributed by atoms with E-state index in [0.29, 0.717) is 33.7 Å². The number of furan rings is 1. The maximum atomic E-state index is 13.5. The monoisotopic (exact) mass is 538 g/mol. The van der Waals surface area contributed by atoms with Crippen LogP contribution in [0.15, 0.2) is 47.3 Å². The van der Waals surface area contributed by atoms with Crippen LogP contribution in [-0.4, -0.2) is 39.7 Å². The van der Waals surface area contributed by atoms with Crippen molar-refractivity contribution in [3.8, 4) is 22.5 Å². The van der Waals surface area contributed by atoms with Crippen molar-refractivity contribution < 1.29 is 17.2 Å². The van der Waals surface area contributed by atoms with Crippen molar-refractivity contribution >= 4 is 43.5 Å². The molecule has 0 amide bonds. The van der Waals surface area contributed by atoms with Gasteiger partial charge in [0, 0.05) is 29.6 Å². The Bertz CT molecular complexity index is 1360. The third-order valence-electron chi connectivity index (χ3n) is 5.45. The molecule has 5 rings (SSSR count). The van der Waals surface area contributed by atoms with Crippen LogP contribution in [0.5, 0.6) is 0 Å². The first-order valence-corrected chi connectivity index (χ1v) is 12.3. The Balaban J connectivity index is 1.63. The maximum Gasteiger partial charge on any atom is 0.231 e. The molecular weight excluding hydrogens is 522 g/mol. The fourth-order valence-electron chi connectivity index (χ4n) is 3.72. The molecule has 4 aromatic rings. The van der Waals surface area contributed by atoms with Crippen LogP contribution in [0.2, 0.25) is 0 Å². The van der Waals surface area contributed by atoms with Gasteiger partial charge in [0.25, 0.3) is 0 Å². The lowest BCUT2D eigenvalue weighted by atomic mass is 9.92. The molecule has 0 N–H and O–H groups in total. The minimum Gasteiger partial charge on any atom is -0.432 e. The number of sulfone groups is 1. The average Bonchev–Trinajstić information content (AvgIpc) is 3.22. The zero-order valence-electron chi connectivity index (χ0n) is 15.8. The summed E-state index contributed by atoms with van der Waals surface area (Å²) in [4.78, 5) is 8.65. The number of nitrogens with zero attached hydrogens (tertiary/aromatic N) is 4. The molecular formula is C20H16FIN4O3S. The molecule has 10 heteroatoms. The second kappa shape index (κ2) is 7.12. The van der Waals surface area contributed by atoms with Crippen molar-refractivity contribution in [1.82, 2.24) is 19.7 Å². The molecule has 0 spiro atoms. The highest BCUT2D eigenvalue weighted by atomic mass is 127. The minimum atomic E-state index is -3.06. The third kappa shape index (κ3) is 3.41. The van der Waals surface area contributed by atoms with E-state index in [9.17, 15) is 12.8 Å². The minimum absolute atomic E-state index is 0.0144. The van der Waals surface area contributed by atoms with Gasteiger partial charge in [0.05, 0.1) is 22.4 Å². The van der Waals surface area contributed by atoms with E-state index in [0.717, 1.165) is 16.5 Å². The summed E-state index contributed by atoms with van der Waals surface area (Å²) in [5, 5.41) is 5.16. The lowest BCUT2D eigenvalue weighted by Gasteiger charge is -2.33. The summed E-state index contributed by atoms with van der Waals surface area (Å²) in [5.41, 5.74) is 3.29. The highest BCUT2D eigenvalue weighted by Crippen LogP contribution is 2.40. The second-order valence-corrected chi connectivity index (χ2v) is 10.8. The molecule has 154 valence electrons. The summed E-state index contributed by atoms with van der Waals surface area (Å²) in [6, 6.07) is 7.96. The summed E-state index contributed by atoms with van der Waals surface area (Å²) in [6.45, 7) is 0. The normalized spacial score (nSPS) is 19.2. The van der Waals surface area contributed by atoms with E-state index < -0.39 is 9.84 Å². The van der Waals surface area contributed by atoms with Crippen LogP contribution in [0.1, 0.15) is 18.9 Å². The van der Waals surface area contributed by atoms with E-state index in [1.165, 1.54) is 24.7 Å². The SMILES string of the molecule is CS(=O)(=O)C1CC(n2cc(-c3ncnc4oc(I)cc34)c(-c3ccc(F)cc3)n2)C1. The van der Waals surface area contributed by atoms with E-state index in [2.05, 4.69) is 32.6 Å². The van der Waals surface area contributed by atoms with E-state index in [4.69, 9.17) is 9.52 Å². The van der Waals surface area contributed by atoms with Gasteiger partial charge in [-0.15, -0.1) is 0 Å². The van der Waals surface area contributed by atoms with Crippen molar-refractivity contribution in [2.75, 3.05) is 6.26 Å². The van der Waals surface area contributed by atoms with Gasteiger partial charge in [-0.25, -0.2) is 22.8 Å². The molecule has 1 aromatic carbocycles. The lowest BCUT2D eigenvalue weighted by Crippen LogP contribution is -2.37. The van der Waals surface area contributed by atoms with Crippen LogP contribution in [-0.2, 0) is 9.84 Å². The molecule has 1 aliphatic carbocycles. The Morgan fingerprint density at radius 2 is 1.90 bits per heavy atom. The molecule has 0 radical (unpaired) electrons. The smallest absolute Gasteiger partial charge is 0.231 e. The summed E-state index contributed by atoms with van der Waals surface area (Å²) in [6.07, 6.45) is 5.62. The molecule has 30 heavy (non-hydrogen) atoms.